The van der Waals surface area contributed by atoms with Crippen LogP contribution in [0.1, 0.15) is 26.3 Å². The summed E-state index contributed by atoms with van der Waals surface area (Å²) in [4.78, 5) is 11.0. The molecule has 0 aromatic heterocycles. The number of thioether (sulfide) groups is 1. The number of carbonyl (C=O) groups is 1. The molecule has 0 fully saturated rings. The number of nitrogen functional groups attached to an aromatic ring is 1. The summed E-state index contributed by atoms with van der Waals surface area (Å²) in [7, 11) is 0. The lowest BCUT2D eigenvalue weighted by Gasteiger charge is -2.48. The molecule has 0 spiro atoms. The van der Waals surface area contributed by atoms with E-state index in [1.165, 1.54) is 19.9 Å². The fourth-order valence-electron chi connectivity index (χ4n) is 2.57. The maximum atomic E-state index is 15.1. The maximum Gasteiger partial charge on any atom is 0.502 e. The van der Waals surface area contributed by atoms with Crippen LogP contribution >= 0.6 is 11.8 Å². The van der Waals surface area contributed by atoms with Gasteiger partial charge in [0, 0.05) is 11.3 Å². The standard InChI is InChI=1S/C14H17F2N3O4S/c1-12(2)10(18-11(20)21)19(23)13(3,14(16,22)24-12)8-6-7(17)4-5-9(8)15/h4-6,18,22H,17H2,1-3H3,(H,20,21)/t13-,14-/m1/s1. The first-order valence-electron chi connectivity index (χ1n) is 6.84. The SMILES string of the molecule is CC1(C)S[C@@](O)(F)[C@@](C)(c2cc(N)ccc2F)[N+]([O-])=C1NC(=O)O. The number of anilines is 1. The van der Waals surface area contributed by atoms with Gasteiger partial charge in [0.15, 0.2) is 0 Å². The molecule has 2 rings (SSSR count). The summed E-state index contributed by atoms with van der Waals surface area (Å²) in [5.41, 5.74) is 2.68. The molecular formula is C14H17F2N3O4S. The van der Waals surface area contributed by atoms with Crippen molar-refractivity contribution in [3.8, 4) is 0 Å². The number of halogens is 2. The molecule has 0 aliphatic carbocycles. The van der Waals surface area contributed by atoms with E-state index in [9.17, 15) is 19.5 Å². The average molecular weight is 361 g/mol. The Morgan fingerprint density at radius 1 is 1.42 bits per heavy atom. The average Bonchev–Trinajstić information content (AvgIpc) is 2.43. The van der Waals surface area contributed by atoms with Crippen molar-refractivity contribution in [2.45, 2.75) is 36.2 Å². The molecule has 5 N–H and O–H groups in total. The number of nitrogens with zero attached hydrogens (tertiary/aromatic N) is 1. The van der Waals surface area contributed by atoms with E-state index in [-0.39, 0.29) is 10.4 Å². The molecule has 0 saturated carbocycles. The molecule has 1 aromatic rings. The van der Waals surface area contributed by atoms with Crippen LogP contribution < -0.4 is 11.1 Å². The van der Waals surface area contributed by atoms with Crippen LogP contribution in [-0.2, 0) is 5.54 Å². The van der Waals surface area contributed by atoms with E-state index < -0.39 is 38.8 Å². The molecule has 1 amide bonds. The third-order valence-electron chi connectivity index (χ3n) is 3.91. The number of nitrogens with one attached hydrogen (secondary N) is 1. The molecule has 24 heavy (non-hydrogen) atoms. The van der Waals surface area contributed by atoms with Gasteiger partial charge in [0.1, 0.15) is 10.6 Å². The molecule has 0 bridgehead atoms. The zero-order chi connectivity index (χ0) is 18.5. The van der Waals surface area contributed by atoms with Crippen molar-refractivity contribution in [3.63, 3.8) is 0 Å². The summed E-state index contributed by atoms with van der Waals surface area (Å²) in [6.07, 6.45) is -1.54. The molecule has 2 atom stereocenters. The van der Waals surface area contributed by atoms with Gasteiger partial charge in [0.2, 0.25) is 5.54 Å². The van der Waals surface area contributed by atoms with Crippen molar-refractivity contribution in [2.24, 2.45) is 0 Å². The fourth-order valence-corrected chi connectivity index (χ4v) is 3.87. The number of hydrogen-bond acceptors (Lipinski definition) is 5. The lowest BCUT2D eigenvalue weighted by atomic mass is 9.89. The van der Waals surface area contributed by atoms with E-state index >= 15 is 4.39 Å². The first-order valence-corrected chi connectivity index (χ1v) is 7.66. The van der Waals surface area contributed by atoms with Gasteiger partial charge < -0.3 is 21.2 Å². The second kappa shape index (κ2) is 5.49. The van der Waals surface area contributed by atoms with E-state index in [1.54, 1.807) is 0 Å². The third kappa shape index (κ3) is 2.65. The van der Waals surface area contributed by atoms with E-state index in [2.05, 4.69) is 0 Å². The minimum atomic E-state index is -3.23. The number of amides is 1. The monoisotopic (exact) mass is 361 g/mol. The minimum absolute atomic E-state index is 0.0462. The van der Waals surface area contributed by atoms with Crippen molar-refractivity contribution in [2.75, 3.05) is 5.73 Å². The van der Waals surface area contributed by atoms with Crippen molar-refractivity contribution >= 4 is 29.4 Å². The second-order valence-corrected chi connectivity index (χ2v) is 7.82. The van der Waals surface area contributed by atoms with Crippen molar-refractivity contribution in [1.82, 2.24) is 5.32 Å². The highest BCUT2D eigenvalue weighted by molar-refractivity contribution is 8.02. The number of hydrogen-bond donors (Lipinski definition) is 4. The van der Waals surface area contributed by atoms with Crippen LogP contribution in [0.4, 0.5) is 19.3 Å². The van der Waals surface area contributed by atoms with E-state index in [1.807, 2.05) is 5.32 Å². The Bertz CT molecular complexity index is 739. The molecule has 1 heterocycles. The Balaban J connectivity index is 2.82. The lowest BCUT2D eigenvalue weighted by molar-refractivity contribution is -0.588. The second-order valence-electron chi connectivity index (χ2n) is 6.06. The Hall–Kier alpha value is -2.07. The predicted molar refractivity (Wildman–Crippen MR) is 85.7 cm³/mol. The van der Waals surface area contributed by atoms with Gasteiger partial charge in [-0.2, -0.15) is 14.5 Å². The molecule has 7 nitrogen and oxygen atoms in total. The van der Waals surface area contributed by atoms with Gasteiger partial charge in [0.05, 0.1) is 0 Å². The quantitative estimate of drug-likeness (QED) is 0.344. The van der Waals surface area contributed by atoms with Gasteiger partial charge in [-0.3, -0.25) is 4.74 Å². The van der Waals surface area contributed by atoms with Crippen LogP contribution in [0.2, 0.25) is 0 Å². The summed E-state index contributed by atoms with van der Waals surface area (Å²) >= 11 is 0.293. The van der Waals surface area contributed by atoms with Crippen molar-refractivity contribution in [3.05, 3.63) is 34.8 Å². The molecule has 1 aliphatic heterocycles. The first kappa shape index (κ1) is 18.3. The lowest BCUT2D eigenvalue weighted by Crippen LogP contribution is -2.64. The number of nitrogens with two attached hydrogens (primary N) is 1. The molecule has 0 unspecified atom stereocenters. The van der Waals surface area contributed by atoms with Gasteiger partial charge in [-0.1, -0.05) is 11.8 Å². The van der Waals surface area contributed by atoms with Crippen LogP contribution in [0.3, 0.4) is 0 Å². The fraction of sp³-hybridized carbons (Fsp3) is 0.429. The Labute approximate surface area is 140 Å². The highest BCUT2D eigenvalue weighted by Crippen LogP contribution is 2.53. The number of alkyl halides is 1. The number of carboxylic acid groups (broad SMARTS) is 1. The van der Waals surface area contributed by atoms with E-state index in [0.717, 1.165) is 19.1 Å². The Morgan fingerprint density at radius 2 is 2.00 bits per heavy atom. The maximum absolute atomic E-state index is 15.1. The summed E-state index contributed by atoms with van der Waals surface area (Å²) in [5.74, 6) is -1.40. The van der Waals surface area contributed by atoms with Crippen molar-refractivity contribution < 1.29 is 28.5 Å². The van der Waals surface area contributed by atoms with Gasteiger partial charge in [0.25, 0.3) is 5.84 Å². The highest BCUT2D eigenvalue weighted by atomic mass is 32.2. The normalized spacial score (nSPS) is 29.4. The molecule has 132 valence electrons. The first-order chi connectivity index (χ1) is 10.8. The van der Waals surface area contributed by atoms with Crippen molar-refractivity contribution in [1.29, 1.82) is 0 Å². The third-order valence-corrected chi connectivity index (χ3v) is 5.28. The zero-order valence-electron chi connectivity index (χ0n) is 13.1. The summed E-state index contributed by atoms with van der Waals surface area (Å²) in [6.45, 7) is 3.69. The number of hydroxylamine groups is 1. The topological polar surface area (TPSA) is 122 Å². The highest BCUT2D eigenvalue weighted by Gasteiger charge is 2.64. The summed E-state index contributed by atoms with van der Waals surface area (Å²) in [6, 6.07) is 3.19. The minimum Gasteiger partial charge on any atom is -0.714 e. The van der Waals surface area contributed by atoms with Crippen LogP contribution in [0.5, 0.6) is 0 Å². The van der Waals surface area contributed by atoms with Crippen LogP contribution in [0, 0.1) is 11.0 Å². The largest absolute Gasteiger partial charge is 0.714 e. The molecule has 10 heteroatoms. The number of aliphatic hydroxyl groups is 1. The smallest absolute Gasteiger partial charge is 0.502 e. The van der Waals surface area contributed by atoms with E-state index in [0.29, 0.717) is 11.8 Å². The predicted octanol–water partition coefficient (Wildman–Crippen LogP) is 1.94. The number of rotatable bonds is 1. The molecule has 0 radical (unpaired) electrons. The summed E-state index contributed by atoms with van der Waals surface area (Å²) < 4.78 is 27.8. The molecule has 0 saturated heterocycles. The van der Waals surface area contributed by atoms with Crippen LogP contribution in [0.25, 0.3) is 0 Å². The number of benzene rings is 1. The Morgan fingerprint density at radius 3 is 2.54 bits per heavy atom. The molecular weight excluding hydrogens is 344 g/mol. The number of amidine groups is 1. The van der Waals surface area contributed by atoms with Gasteiger partial charge in [-0.15, -0.1) is 0 Å². The van der Waals surface area contributed by atoms with Gasteiger partial charge >= 0.3 is 11.3 Å². The van der Waals surface area contributed by atoms with Gasteiger partial charge in [-0.25, -0.2) is 4.39 Å². The van der Waals surface area contributed by atoms with E-state index in [4.69, 9.17) is 10.8 Å². The molecule has 1 aromatic carbocycles. The van der Waals surface area contributed by atoms with Crippen LogP contribution in [-0.4, -0.2) is 36.8 Å². The zero-order valence-corrected chi connectivity index (χ0v) is 13.9. The van der Waals surface area contributed by atoms with Crippen LogP contribution in [0.15, 0.2) is 18.2 Å². The summed E-state index contributed by atoms with van der Waals surface area (Å²) in [5, 5.41) is 30.7. The Kier molecular flexibility index (Phi) is 4.18. The molecule has 1 aliphatic rings. The van der Waals surface area contributed by atoms with Gasteiger partial charge in [-0.05, 0) is 39.0 Å².